The van der Waals surface area contributed by atoms with E-state index in [9.17, 15) is 13.2 Å². The predicted octanol–water partition coefficient (Wildman–Crippen LogP) is 3.04. The van der Waals surface area contributed by atoms with Crippen LogP contribution in [0.3, 0.4) is 0 Å². The lowest BCUT2D eigenvalue weighted by molar-refractivity contribution is -0.113. The molecule has 0 saturated carbocycles. The fourth-order valence-corrected chi connectivity index (χ4v) is 5.86. The number of anilines is 2. The molecule has 0 aliphatic carbocycles. The molecule has 0 bridgehead atoms. The van der Waals surface area contributed by atoms with Crippen LogP contribution in [-0.4, -0.2) is 54.2 Å². The molecule has 1 amide bonds. The highest BCUT2D eigenvalue weighted by Crippen LogP contribution is 2.26. The van der Waals surface area contributed by atoms with Crippen molar-refractivity contribution in [2.75, 3.05) is 36.0 Å². The highest BCUT2D eigenvalue weighted by atomic mass is 32.2. The Kier molecular flexibility index (Phi) is 7.64. The lowest BCUT2D eigenvalue weighted by Gasteiger charge is -2.25. The number of aromatic nitrogens is 2. The molecule has 0 atom stereocenters. The van der Waals surface area contributed by atoms with E-state index in [0.717, 1.165) is 19.3 Å². The summed E-state index contributed by atoms with van der Waals surface area (Å²) in [6, 6.07) is 6.30. The smallest absolute Gasteiger partial charge is 0.243 e. The summed E-state index contributed by atoms with van der Waals surface area (Å²) in [5.41, 5.74) is 0.554. The van der Waals surface area contributed by atoms with E-state index in [1.165, 1.54) is 39.5 Å². The minimum Gasteiger partial charge on any atom is -0.357 e. The maximum absolute atomic E-state index is 12.7. The first-order valence-electron chi connectivity index (χ1n) is 9.20. The van der Waals surface area contributed by atoms with Gasteiger partial charge in [0, 0.05) is 25.3 Å². The minimum absolute atomic E-state index is 0.184. The quantitative estimate of drug-likeness (QED) is 0.444. The zero-order chi connectivity index (χ0) is 20.7. The number of thioether (sulfide) groups is 1. The Hall–Kier alpha value is -1.95. The molecule has 0 radical (unpaired) electrons. The number of rotatable bonds is 9. The molecular weight excluding hydrogens is 430 g/mol. The molecule has 0 spiro atoms. The van der Waals surface area contributed by atoms with Gasteiger partial charge in [0.25, 0.3) is 0 Å². The Morgan fingerprint density at radius 2 is 1.93 bits per heavy atom. The molecule has 1 aliphatic heterocycles. The average molecular weight is 454 g/mol. The van der Waals surface area contributed by atoms with E-state index in [1.807, 2.05) is 0 Å². The van der Waals surface area contributed by atoms with E-state index in [4.69, 9.17) is 0 Å². The van der Waals surface area contributed by atoms with Crippen LogP contribution in [0.5, 0.6) is 0 Å². The second-order valence-electron chi connectivity index (χ2n) is 6.37. The summed E-state index contributed by atoms with van der Waals surface area (Å²) in [6.07, 6.45) is 4.58. The normalized spacial score (nSPS) is 15.0. The van der Waals surface area contributed by atoms with Crippen LogP contribution in [0.4, 0.5) is 10.8 Å². The molecule has 29 heavy (non-hydrogen) atoms. The van der Waals surface area contributed by atoms with Crippen LogP contribution < -0.4 is 10.6 Å². The van der Waals surface area contributed by atoms with Gasteiger partial charge in [0.15, 0.2) is 4.34 Å². The zero-order valence-corrected chi connectivity index (χ0v) is 18.3. The van der Waals surface area contributed by atoms with Crippen molar-refractivity contribution in [1.29, 1.82) is 0 Å². The summed E-state index contributed by atoms with van der Waals surface area (Å²) < 4.78 is 27.5. The molecule has 1 aromatic heterocycles. The Morgan fingerprint density at radius 1 is 1.21 bits per heavy atom. The number of carbonyl (C=O) groups excluding carboxylic acids is 1. The predicted molar refractivity (Wildman–Crippen MR) is 117 cm³/mol. The van der Waals surface area contributed by atoms with E-state index in [2.05, 4.69) is 27.4 Å². The molecule has 3 rings (SSSR count). The van der Waals surface area contributed by atoms with Crippen LogP contribution in [0.15, 0.2) is 46.2 Å². The van der Waals surface area contributed by atoms with Crippen molar-refractivity contribution in [3.8, 4) is 0 Å². The van der Waals surface area contributed by atoms with Gasteiger partial charge in [-0.15, -0.1) is 16.8 Å². The number of hydrogen-bond acceptors (Lipinski definition) is 8. The first kappa shape index (κ1) is 21.8. The molecular formula is C18H23N5O3S3. The van der Waals surface area contributed by atoms with Gasteiger partial charge in [-0.05, 0) is 37.1 Å². The van der Waals surface area contributed by atoms with Crippen LogP contribution in [0.2, 0.25) is 0 Å². The Morgan fingerprint density at radius 3 is 2.62 bits per heavy atom. The van der Waals surface area contributed by atoms with Gasteiger partial charge in [0.2, 0.25) is 21.1 Å². The van der Waals surface area contributed by atoms with E-state index in [0.29, 0.717) is 34.8 Å². The number of nitrogens with zero attached hydrogens (tertiary/aromatic N) is 3. The van der Waals surface area contributed by atoms with Gasteiger partial charge < -0.3 is 10.6 Å². The topological polar surface area (TPSA) is 104 Å². The maximum Gasteiger partial charge on any atom is 0.243 e. The van der Waals surface area contributed by atoms with Gasteiger partial charge in [-0.2, -0.15) is 4.31 Å². The molecule has 8 nitrogen and oxygen atoms in total. The summed E-state index contributed by atoms with van der Waals surface area (Å²) in [6.45, 7) is 5.35. The molecule has 1 fully saturated rings. The maximum atomic E-state index is 12.7. The number of hydrogen-bond donors (Lipinski definition) is 2. The van der Waals surface area contributed by atoms with Crippen molar-refractivity contribution in [2.24, 2.45) is 0 Å². The van der Waals surface area contributed by atoms with Crippen molar-refractivity contribution in [3.05, 3.63) is 36.9 Å². The Balaban J connectivity index is 1.52. The molecule has 2 heterocycles. The SMILES string of the molecule is C=CCNc1nnc(SCC(=O)Nc2ccc(S(=O)(=O)N3CCCCC3)cc2)s1. The van der Waals surface area contributed by atoms with E-state index in [1.54, 1.807) is 18.2 Å². The monoisotopic (exact) mass is 453 g/mol. The van der Waals surface area contributed by atoms with Crippen molar-refractivity contribution in [3.63, 3.8) is 0 Å². The fourth-order valence-electron chi connectivity index (χ4n) is 2.79. The number of sulfonamides is 1. The summed E-state index contributed by atoms with van der Waals surface area (Å²) in [5.74, 6) is -0.0124. The lowest BCUT2D eigenvalue weighted by atomic mass is 10.2. The molecule has 11 heteroatoms. The minimum atomic E-state index is -3.47. The average Bonchev–Trinajstić information content (AvgIpc) is 3.20. The van der Waals surface area contributed by atoms with Gasteiger partial charge in [-0.25, -0.2) is 8.42 Å². The molecule has 1 aliphatic rings. The van der Waals surface area contributed by atoms with Crippen LogP contribution >= 0.6 is 23.1 Å². The molecule has 1 aromatic carbocycles. The highest BCUT2D eigenvalue weighted by Gasteiger charge is 2.25. The molecule has 1 saturated heterocycles. The van der Waals surface area contributed by atoms with Gasteiger partial charge >= 0.3 is 0 Å². The van der Waals surface area contributed by atoms with Gasteiger partial charge in [0.05, 0.1) is 10.6 Å². The highest BCUT2D eigenvalue weighted by molar-refractivity contribution is 8.01. The van der Waals surface area contributed by atoms with Crippen molar-refractivity contribution >= 4 is 49.8 Å². The molecule has 0 unspecified atom stereocenters. The fraction of sp³-hybridized carbons (Fsp3) is 0.389. The zero-order valence-electron chi connectivity index (χ0n) is 15.8. The third kappa shape index (κ3) is 6.01. The number of nitrogens with one attached hydrogen (secondary N) is 2. The first-order chi connectivity index (χ1) is 14.0. The molecule has 156 valence electrons. The Labute approximate surface area is 178 Å². The van der Waals surface area contributed by atoms with Crippen LogP contribution in [0.25, 0.3) is 0 Å². The second-order valence-corrected chi connectivity index (χ2v) is 10.5. The molecule has 2 N–H and O–H groups in total. The summed E-state index contributed by atoms with van der Waals surface area (Å²) in [7, 11) is -3.47. The van der Waals surface area contributed by atoms with Crippen molar-refractivity contribution in [2.45, 2.75) is 28.5 Å². The lowest BCUT2D eigenvalue weighted by Crippen LogP contribution is -2.35. The first-order valence-corrected chi connectivity index (χ1v) is 12.4. The summed E-state index contributed by atoms with van der Waals surface area (Å²) in [4.78, 5) is 12.4. The summed E-state index contributed by atoms with van der Waals surface area (Å²) >= 11 is 2.66. The molecule has 2 aromatic rings. The van der Waals surface area contributed by atoms with Crippen LogP contribution in [0, 0.1) is 0 Å². The third-order valence-electron chi connectivity index (χ3n) is 4.22. The van der Waals surface area contributed by atoms with E-state index >= 15 is 0 Å². The van der Waals surface area contributed by atoms with Crippen LogP contribution in [0.1, 0.15) is 19.3 Å². The van der Waals surface area contributed by atoms with Gasteiger partial charge in [-0.3, -0.25) is 4.79 Å². The number of piperidine rings is 1. The summed E-state index contributed by atoms with van der Waals surface area (Å²) in [5, 5.41) is 14.5. The van der Waals surface area contributed by atoms with E-state index < -0.39 is 10.0 Å². The van der Waals surface area contributed by atoms with Crippen molar-refractivity contribution in [1.82, 2.24) is 14.5 Å². The second kappa shape index (κ2) is 10.2. The van der Waals surface area contributed by atoms with Gasteiger partial charge in [0.1, 0.15) is 0 Å². The van der Waals surface area contributed by atoms with Crippen molar-refractivity contribution < 1.29 is 13.2 Å². The largest absolute Gasteiger partial charge is 0.357 e. The number of benzene rings is 1. The Bertz CT molecular complexity index is 938. The number of carbonyl (C=O) groups is 1. The number of amides is 1. The van der Waals surface area contributed by atoms with Gasteiger partial charge in [-0.1, -0.05) is 35.6 Å². The third-order valence-corrected chi connectivity index (χ3v) is 8.15. The van der Waals surface area contributed by atoms with E-state index in [-0.39, 0.29) is 16.6 Å². The standard InChI is InChI=1S/C18H23N5O3S3/c1-2-10-19-17-21-22-18(28-17)27-13-16(24)20-14-6-8-15(9-7-14)29(25,26)23-11-4-3-5-12-23/h2,6-9H,1,3-5,10-13H2,(H,19,21)(H,20,24). The van der Waals surface area contributed by atoms with Crippen LogP contribution in [-0.2, 0) is 14.8 Å².